The molecule has 0 saturated carbocycles. The Morgan fingerprint density at radius 3 is 2.61 bits per heavy atom. The summed E-state index contributed by atoms with van der Waals surface area (Å²) in [6.07, 6.45) is 0.775. The fourth-order valence-electron chi connectivity index (χ4n) is 1.59. The highest BCUT2D eigenvalue weighted by molar-refractivity contribution is 5.45. The van der Waals surface area contributed by atoms with Gasteiger partial charge in [0.25, 0.3) is 0 Å². The Kier molecular flexibility index (Phi) is 5.85. The van der Waals surface area contributed by atoms with Crippen molar-refractivity contribution >= 4 is 11.6 Å². The molecule has 0 bridgehead atoms. The van der Waals surface area contributed by atoms with Crippen LogP contribution in [-0.2, 0) is 11.2 Å². The molecule has 0 spiro atoms. The topological polar surface area (TPSA) is 73.1 Å². The van der Waals surface area contributed by atoms with E-state index in [9.17, 15) is 0 Å². The average molecular weight is 252 g/mol. The van der Waals surface area contributed by atoms with Gasteiger partial charge < -0.3 is 15.8 Å². The third kappa shape index (κ3) is 4.49. The highest BCUT2D eigenvalue weighted by atomic mass is 16.5. The molecule has 5 nitrogen and oxygen atoms in total. The molecule has 1 aromatic rings. The van der Waals surface area contributed by atoms with Gasteiger partial charge in [-0.3, -0.25) is 0 Å². The summed E-state index contributed by atoms with van der Waals surface area (Å²) in [7, 11) is 0. The van der Waals surface area contributed by atoms with Crippen LogP contribution in [0.25, 0.3) is 0 Å². The van der Waals surface area contributed by atoms with Gasteiger partial charge in [0.15, 0.2) is 0 Å². The third-order valence-electron chi connectivity index (χ3n) is 2.75. The largest absolute Gasteiger partial charge is 0.384 e. The van der Waals surface area contributed by atoms with E-state index in [0.717, 1.165) is 24.7 Å². The molecular weight excluding hydrogens is 228 g/mol. The Hall–Kier alpha value is -1.36. The lowest BCUT2D eigenvalue weighted by Gasteiger charge is -2.23. The van der Waals surface area contributed by atoms with Crippen LogP contribution in [0.4, 0.5) is 11.6 Å². The summed E-state index contributed by atoms with van der Waals surface area (Å²) in [6, 6.07) is 1.99. The van der Waals surface area contributed by atoms with E-state index in [1.165, 1.54) is 0 Å². The Bertz CT molecular complexity index is 368. The van der Waals surface area contributed by atoms with E-state index in [1.807, 2.05) is 13.8 Å². The van der Waals surface area contributed by atoms with Gasteiger partial charge in [-0.1, -0.05) is 20.8 Å². The van der Waals surface area contributed by atoms with E-state index in [4.69, 9.17) is 10.5 Å². The first-order chi connectivity index (χ1) is 8.56. The first kappa shape index (κ1) is 14.7. The number of nitrogen functional groups attached to an aromatic ring is 1. The Morgan fingerprint density at radius 1 is 1.33 bits per heavy atom. The van der Waals surface area contributed by atoms with Crippen LogP contribution in [-0.4, -0.2) is 29.2 Å². The predicted molar refractivity (Wildman–Crippen MR) is 74.6 cm³/mol. The Balaban J connectivity index is 2.76. The molecule has 0 aliphatic carbocycles. The zero-order chi connectivity index (χ0) is 13.5. The minimum absolute atomic E-state index is 0.226. The van der Waals surface area contributed by atoms with Crippen LogP contribution in [0.1, 0.15) is 33.5 Å². The molecule has 1 atom stereocenters. The summed E-state index contributed by atoms with van der Waals surface area (Å²) in [6.45, 7) is 9.70. The number of aromatic nitrogens is 2. The Labute approximate surface area is 109 Å². The van der Waals surface area contributed by atoms with Gasteiger partial charge in [0.05, 0.1) is 12.6 Å². The minimum atomic E-state index is 0.226. The lowest BCUT2D eigenvalue weighted by atomic mass is 10.1. The molecule has 0 radical (unpaired) electrons. The highest BCUT2D eigenvalue weighted by Gasteiger charge is 2.14. The van der Waals surface area contributed by atoms with Gasteiger partial charge in [-0.15, -0.1) is 0 Å². The van der Waals surface area contributed by atoms with Crippen molar-refractivity contribution < 1.29 is 4.74 Å². The zero-order valence-electron chi connectivity index (χ0n) is 11.7. The second-order valence-electron chi connectivity index (χ2n) is 4.60. The fraction of sp³-hybridized carbons (Fsp3) is 0.692. The maximum Gasteiger partial charge on any atom is 0.132 e. The number of nitrogens with zero attached hydrogens (tertiary/aromatic N) is 2. The molecule has 3 N–H and O–H groups in total. The number of ether oxygens (including phenoxy) is 1. The molecule has 0 aliphatic rings. The van der Waals surface area contributed by atoms with Crippen molar-refractivity contribution in [2.24, 2.45) is 5.92 Å². The maximum atomic E-state index is 5.76. The summed E-state index contributed by atoms with van der Waals surface area (Å²) < 4.78 is 5.48. The van der Waals surface area contributed by atoms with Crippen molar-refractivity contribution in [1.82, 2.24) is 9.97 Å². The number of anilines is 2. The average Bonchev–Trinajstić information content (AvgIpc) is 2.33. The standard InChI is InChI=1S/C13H24N4O/c1-5-12-16-11(14)7-13(17-12)15-10(9(3)4)8-18-6-2/h7,9-10H,5-6,8H2,1-4H3,(H3,14,15,16,17). The van der Waals surface area contributed by atoms with Gasteiger partial charge in [0, 0.05) is 19.1 Å². The SMILES string of the molecule is CCOCC(Nc1cc(N)nc(CC)n1)C(C)C. The minimum Gasteiger partial charge on any atom is -0.384 e. The smallest absolute Gasteiger partial charge is 0.132 e. The highest BCUT2D eigenvalue weighted by Crippen LogP contribution is 2.14. The number of nitrogens with one attached hydrogen (secondary N) is 1. The normalized spacial score (nSPS) is 12.7. The van der Waals surface area contributed by atoms with Gasteiger partial charge in [-0.05, 0) is 12.8 Å². The predicted octanol–water partition coefficient (Wildman–Crippen LogP) is 2.09. The van der Waals surface area contributed by atoms with Crippen molar-refractivity contribution in [1.29, 1.82) is 0 Å². The molecule has 18 heavy (non-hydrogen) atoms. The summed E-state index contributed by atoms with van der Waals surface area (Å²) in [5.74, 6) is 2.50. The van der Waals surface area contributed by atoms with Crippen LogP contribution in [0.2, 0.25) is 0 Å². The summed E-state index contributed by atoms with van der Waals surface area (Å²) in [4.78, 5) is 8.59. The maximum absolute atomic E-state index is 5.76. The van der Waals surface area contributed by atoms with Crippen molar-refractivity contribution in [3.63, 3.8) is 0 Å². The van der Waals surface area contributed by atoms with Crippen LogP contribution in [0, 0.1) is 5.92 Å². The van der Waals surface area contributed by atoms with E-state index in [2.05, 4.69) is 29.1 Å². The van der Waals surface area contributed by atoms with Crippen LogP contribution >= 0.6 is 0 Å². The van der Waals surface area contributed by atoms with E-state index in [0.29, 0.717) is 18.3 Å². The number of hydrogen-bond donors (Lipinski definition) is 2. The van der Waals surface area contributed by atoms with Crippen molar-refractivity contribution in [3.05, 3.63) is 11.9 Å². The van der Waals surface area contributed by atoms with Crippen LogP contribution in [0.3, 0.4) is 0 Å². The van der Waals surface area contributed by atoms with E-state index < -0.39 is 0 Å². The monoisotopic (exact) mass is 252 g/mol. The van der Waals surface area contributed by atoms with Crippen LogP contribution < -0.4 is 11.1 Å². The van der Waals surface area contributed by atoms with E-state index in [1.54, 1.807) is 6.07 Å². The van der Waals surface area contributed by atoms with Gasteiger partial charge >= 0.3 is 0 Å². The molecule has 0 aromatic carbocycles. The van der Waals surface area contributed by atoms with Crippen molar-refractivity contribution in [2.75, 3.05) is 24.3 Å². The molecule has 1 heterocycles. The number of aryl methyl sites for hydroxylation is 1. The molecule has 1 rings (SSSR count). The summed E-state index contributed by atoms with van der Waals surface area (Å²) >= 11 is 0. The molecule has 0 aliphatic heterocycles. The van der Waals surface area contributed by atoms with Crippen molar-refractivity contribution in [3.8, 4) is 0 Å². The molecule has 0 fully saturated rings. The lowest BCUT2D eigenvalue weighted by molar-refractivity contribution is 0.126. The number of nitrogens with two attached hydrogens (primary N) is 1. The quantitative estimate of drug-likeness (QED) is 0.777. The molecular formula is C13H24N4O. The fourth-order valence-corrected chi connectivity index (χ4v) is 1.59. The van der Waals surface area contributed by atoms with Crippen LogP contribution in [0.15, 0.2) is 6.07 Å². The van der Waals surface area contributed by atoms with Gasteiger partial charge in [-0.25, -0.2) is 9.97 Å². The second kappa shape index (κ2) is 7.16. The lowest BCUT2D eigenvalue weighted by Crippen LogP contribution is -2.31. The molecule has 5 heteroatoms. The molecule has 0 saturated heterocycles. The van der Waals surface area contributed by atoms with Gasteiger partial charge in [-0.2, -0.15) is 0 Å². The molecule has 1 unspecified atom stereocenters. The zero-order valence-corrected chi connectivity index (χ0v) is 11.7. The molecule has 1 aromatic heterocycles. The summed E-state index contributed by atoms with van der Waals surface area (Å²) in [5, 5.41) is 3.37. The second-order valence-corrected chi connectivity index (χ2v) is 4.60. The first-order valence-corrected chi connectivity index (χ1v) is 6.54. The van der Waals surface area contributed by atoms with Crippen LogP contribution in [0.5, 0.6) is 0 Å². The Morgan fingerprint density at radius 2 is 2.06 bits per heavy atom. The third-order valence-corrected chi connectivity index (χ3v) is 2.75. The number of hydrogen-bond acceptors (Lipinski definition) is 5. The van der Waals surface area contributed by atoms with Crippen molar-refractivity contribution in [2.45, 2.75) is 40.2 Å². The van der Waals surface area contributed by atoms with E-state index in [-0.39, 0.29) is 6.04 Å². The first-order valence-electron chi connectivity index (χ1n) is 6.54. The van der Waals surface area contributed by atoms with Gasteiger partial charge in [0.2, 0.25) is 0 Å². The van der Waals surface area contributed by atoms with Gasteiger partial charge in [0.1, 0.15) is 17.5 Å². The van der Waals surface area contributed by atoms with E-state index >= 15 is 0 Å². The summed E-state index contributed by atoms with van der Waals surface area (Å²) in [5.41, 5.74) is 5.76. The molecule has 102 valence electrons. The number of rotatable bonds is 7. The molecule has 0 amide bonds.